The van der Waals surface area contributed by atoms with Crippen LogP contribution in [0.3, 0.4) is 0 Å². The number of hydrogen-bond donors (Lipinski definition) is 2. The van der Waals surface area contributed by atoms with Gasteiger partial charge < -0.3 is 19.5 Å². The lowest BCUT2D eigenvalue weighted by Crippen LogP contribution is -2.16. The molecule has 12 heteroatoms. The number of benzene rings is 1. The average Bonchev–Trinajstić information content (AvgIpc) is 3.40. The molecule has 0 atom stereocenters. The predicted octanol–water partition coefficient (Wildman–Crippen LogP) is 2.74. The lowest BCUT2D eigenvalue weighted by Gasteiger charge is -2.21. The Bertz CT molecular complexity index is 1270. The van der Waals surface area contributed by atoms with E-state index in [1.807, 2.05) is 0 Å². The van der Waals surface area contributed by atoms with E-state index in [9.17, 15) is 13.6 Å². The van der Waals surface area contributed by atoms with E-state index in [0.717, 1.165) is 0 Å². The van der Waals surface area contributed by atoms with Gasteiger partial charge in [-0.3, -0.25) is 9.89 Å². The van der Waals surface area contributed by atoms with Gasteiger partial charge in [0, 0.05) is 24.0 Å². The first-order valence-corrected chi connectivity index (χ1v) is 9.12. The second-order valence-electron chi connectivity index (χ2n) is 6.43. The summed E-state index contributed by atoms with van der Waals surface area (Å²) in [5, 5.41) is 13.4. The number of aromatic nitrogens is 5. The van der Waals surface area contributed by atoms with Crippen LogP contribution in [0.25, 0.3) is 16.9 Å². The van der Waals surface area contributed by atoms with Gasteiger partial charge in [0.1, 0.15) is 24.5 Å². The van der Waals surface area contributed by atoms with Gasteiger partial charge in [-0.2, -0.15) is 19.0 Å². The fourth-order valence-corrected chi connectivity index (χ4v) is 3.22. The summed E-state index contributed by atoms with van der Waals surface area (Å²) >= 11 is 0. The number of nitrogens with zero attached hydrogens (tertiary/aromatic N) is 4. The van der Waals surface area contributed by atoms with Gasteiger partial charge in [0.2, 0.25) is 0 Å². The Morgan fingerprint density at radius 2 is 2.03 bits per heavy atom. The summed E-state index contributed by atoms with van der Waals surface area (Å²) in [6, 6.07) is 4.49. The first kappa shape index (κ1) is 18.8. The van der Waals surface area contributed by atoms with Gasteiger partial charge in [0.05, 0.1) is 23.8 Å². The van der Waals surface area contributed by atoms with Crippen LogP contribution in [0, 0.1) is 0 Å². The number of ether oxygens (including phenoxy) is 3. The van der Waals surface area contributed by atoms with E-state index in [1.165, 1.54) is 29.0 Å². The molecule has 3 aromatic heterocycles. The molecule has 1 amide bonds. The maximum atomic E-state index is 13.0. The highest BCUT2D eigenvalue weighted by Gasteiger charge is 2.24. The normalized spacial score (nSPS) is 12.9. The van der Waals surface area contributed by atoms with E-state index in [1.54, 1.807) is 18.5 Å². The van der Waals surface area contributed by atoms with E-state index in [4.69, 9.17) is 9.47 Å². The maximum Gasteiger partial charge on any atom is 0.387 e. The third kappa shape index (κ3) is 3.47. The van der Waals surface area contributed by atoms with Crippen molar-refractivity contribution in [2.75, 3.05) is 18.5 Å². The Hall–Kier alpha value is -4.22. The van der Waals surface area contributed by atoms with Crippen molar-refractivity contribution in [3.8, 4) is 28.5 Å². The van der Waals surface area contributed by atoms with Gasteiger partial charge in [0.25, 0.3) is 5.91 Å². The van der Waals surface area contributed by atoms with E-state index < -0.39 is 12.5 Å². The number of aromatic amines is 1. The van der Waals surface area contributed by atoms with Crippen LogP contribution in [-0.2, 0) is 0 Å². The zero-order valence-corrected chi connectivity index (χ0v) is 15.7. The Kier molecular flexibility index (Phi) is 4.58. The fraction of sp³-hybridized carbons (Fsp3) is 0.158. The molecule has 0 spiro atoms. The zero-order chi connectivity index (χ0) is 21.4. The molecule has 1 aliphatic rings. The van der Waals surface area contributed by atoms with Crippen LogP contribution in [-0.4, -0.2) is 50.5 Å². The molecular formula is C19H14F2N6O4. The van der Waals surface area contributed by atoms with Crippen LogP contribution >= 0.6 is 0 Å². The minimum atomic E-state index is -3.06. The molecule has 0 saturated carbocycles. The van der Waals surface area contributed by atoms with Gasteiger partial charge >= 0.3 is 6.61 Å². The predicted molar refractivity (Wildman–Crippen MR) is 103 cm³/mol. The quantitative estimate of drug-likeness (QED) is 0.502. The molecule has 0 bridgehead atoms. The van der Waals surface area contributed by atoms with Crippen molar-refractivity contribution in [2.24, 2.45) is 0 Å². The van der Waals surface area contributed by atoms with Crippen molar-refractivity contribution in [1.82, 2.24) is 24.8 Å². The van der Waals surface area contributed by atoms with Crippen LogP contribution in [0.5, 0.6) is 17.2 Å². The summed E-state index contributed by atoms with van der Waals surface area (Å²) in [6.45, 7) is -2.46. The summed E-state index contributed by atoms with van der Waals surface area (Å²) in [4.78, 5) is 17.0. The molecule has 4 heterocycles. The number of alkyl halides is 2. The molecule has 10 nitrogen and oxygen atoms in total. The largest absolute Gasteiger partial charge is 0.486 e. The van der Waals surface area contributed by atoms with E-state index >= 15 is 0 Å². The summed E-state index contributed by atoms with van der Waals surface area (Å²) < 4.78 is 43.1. The van der Waals surface area contributed by atoms with Crippen molar-refractivity contribution in [2.45, 2.75) is 6.61 Å². The fourth-order valence-electron chi connectivity index (χ4n) is 3.22. The molecule has 31 heavy (non-hydrogen) atoms. The summed E-state index contributed by atoms with van der Waals surface area (Å²) in [5.41, 5.74) is 1.32. The summed E-state index contributed by atoms with van der Waals surface area (Å²) in [5.74, 6) is -0.00313. The molecule has 0 radical (unpaired) electrons. The monoisotopic (exact) mass is 428 g/mol. The zero-order valence-electron chi connectivity index (χ0n) is 15.7. The number of amides is 1. The molecule has 4 aromatic rings. The van der Waals surface area contributed by atoms with Crippen LogP contribution in [0.4, 0.5) is 14.5 Å². The SMILES string of the molecule is O=C(Nc1cn[nH]c1-c1cc2c(cc1OC(F)F)OCCO2)c1cnn2cccnc12. The molecule has 1 aliphatic heterocycles. The number of nitrogens with one attached hydrogen (secondary N) is 2. The first-order valence-electron chi connectivity index (χ1n) is 9.12. The van der Waals surface area contributed by atoms with Crippen molar-refractivity contribution in [3.63, 3.8) is 0 Å². The topological polar surface area (TPSA) is 116 Å². The average molecular weight is 428 g/mol. The van der Waals surface area contributed by atoms with Gasteiger partial charge in [-0.25, -0.2) is 9.50 Å². The number of rotatable bonds is 5. The van der Waals surface area contributed by atoms with E-state index in [-0.39, 0.29) is 34.0 Å². The third-order valence-electron chi connectivity index (χ3n) is 4.54. The molecule has 0 fully saturated rings. The Morgan fingerprint density at radius 3 is 2.84 bits per heavy atom. The highest BCUT2D eigenvalue weighted by Crippen LogP contribution is 2.43. The van der Waals surface area contributed by atoms with E-state index in [0.29, 0.717) is 24.6 Å². The van der Waals surface area contributed by atoms with Crippen LogP contribution < -0.4 is 19.5 Å². The van der Waals surface area contributed by atoms with Gasteiger partial charge in [-0.1, -0.05) is 0 Å². The van der Waals surface area contributed by atoms with Crippen molar-refractivity contribution < 1.29 is 27.8 Å². The Morgan fingerprint density at radius 1 is 1.23 bits per heavy atom. The van der Waals surface area contributed by atoms with Crippen LogP contribution in [0.15, 0.2) is 43.0 Å². The molecule has 0 unspecified atom stereocenters. The number of H-pyrrole nitrogens is 1. The smallest absolute Gasteiger partial charge is 0.387 e. The summed E-state index contributed by atoms with van der Waals surface area (Å²) in [6.07, 6.45) is 5.94. The molecule has 2 N–H and O–H groups in total. The standard InChI is InChI=1S/C19H14F2N6O4/c20-19(21)31-13-7-15-14(29-4-5-30-15)6-10(13)16-12(9-23-26-16)25-18(28)11-8-24-27-3-1-2-22-17(11)27/h1-3,6-9,19H,4-5H2,(H,23,26)(H,25,28). The lowest BCUT2D eigenvalue weighted by atomic mass is 10.1. The highest BCUT2D eigenvalue weighted by atomic mass is 19.3. The van der Waals surface area contributed by atoms with Gasteiger partial charge in [-0.15, -0.1) is 0 Å². The first-order chi connectivity index (χ1) is 15.1. The summed E-state index contributed by atoms with van der Waals surface area (Å²) in [7, 11) is 0. The maximum absolute atomic E-state index is 13.0. The Balaban J connectivity index is 1.52. The van der Waals surface area contributed by atoms with E-state index in [2.05, 4.69) is 30.3 Å². The van der Waals surface area contributed by atoms with Crippen molar-refractivity contribution in [3.05, 3.63) is 48.5 Å². The van der Waals surface area contributed by atoms with Crippen LogP contribution in [0.1, 0.15) is 10.4 Å². The lowest BCUT2D eigenvalue weighted by molar-refractivity contribution is -0.0496. The Labute approximate surface area is 172 Å². The molecule has 158 valence electrons. The third-order valence-corrected chi connectivity index (χ3v) is 4.54. The van der Waals surface area contributed by atoms with Crippen LogP contribution in [0.2, 0.25) is 0 Å². The molecular weight excluding hydrogens is 414 g/mol. The van der Waals surface area contributed by atoms with Gasteiger partial charge in [-0.05, 0) is 12.1 Å². The highest BCUT2D eigenvalue weighted by molar-refractivity contribution is 6.09. The second kappa shape index (κ2) is 7.55. The minimum absolute atomic E-state index is 0.156. The van der Waals surface area contributed by atoms with Crippen molar-refractivity contribution in [1.29, 1.82) is 0 Å². The number of carbonyl (C=O) groups excluding carboxylic acids is 1. The minimum Gasteiger partial charge on any atom is -0.486 e. The van der Waals surface area contributed by atoms with Crippen molar-refractivity contribution >= 4 is 17.2 Å². The molecule has 5 rings (SSSR count). The number of hydrogen-bond acceptors (Lipinski definition) is 7. The molecule has 0 saturated heterocycles. The number of fused-ring (bicyclic) bond motifs is 2. The van der Waals surface area contributed by atoms with Gasteiger partial charge in [0.15, 0.2) is 17.1 Å². The number of halogens is 2. The number of anilines is 1. The second-order valence-corrected chi connectivity index (χ2v) is 6.43. The molecule has 1 aromatic carbocycles. The molecule has 0 aliphatic carbocycles. The number of carbonyl (C=O) groups is 1.